The SMILES string of the molecule is Cc1ccc(OCc2ccc(C(=O)N3CCOCC3)cc2C)c(-c2csc(N3CC4CC[C@@H](C3)C4C(=O)O)n2)c1. The maximum absolute atomic E-state index is 12.9. The molecule has 3 fully saturated rings. The smallest absolute Gasteiger partial charge is 0.307 e. The van der Waals surface area contributed by atoms with Crippen LogP contribution in [0, 0.1) is 31.6 Å². The fourth-order valence-electron chi connectivity index (χ4n) is 6.38. The number of anilines is 1. The number of aryl methyl sites for hydroxylation is 2. The Bertz CT molecular complexity index is 1400. The molecule has 1 aromatic heterocycles. The van der Waals surface area contributed by atoms with Gasteiger partial charge in [-0.1, -0.05) is 17.7 Å². The van der Waals surface area contributed by atoms with Crippen LogP contribution in [0.15, 0.2) is 41.8 Å². The Morgan fingerprint density at radius 1 is 1.07 bits per heavy atom. The third-order valence-electron chi connectivity index (χ3n) is 8.56. The fraction of sp³-hybridized carbons (Fsp3) is 0.452. The van der Waals surface area contributed by atoms with Crippen LogP contribution in [-0.2, 0) is 16.1 Å². The van der Waals surface area contributed by atoms with Gasteiger partial charge in [0.1, 0.15) is 12.4 Å². The van der Waals surface area contributed by atoms with Gasteiger partial charge in [-0.3, -0.25) is 9.59 Å². The first-order valence-corrected chi connectivity index (χ1v) is 14.9. The number of fused-ring (bicyclic) bond motifs is 2. The summed E-state index contributed by atoms with van der Waals surface area (Å²) in [4.78, 5) is 33.7. The van der Waals surface area contributed by atoms with Crippen LogP contribution in [0.4, 0.5) is 5.13 Å². The molecular formula is C31H35N3O5S. The molecule has 2 aromatic carbocycles. The standard InChI is InChI=1S/C31H35N3O5S/c1-19-3-8-27(39-17-24-7-4-21(14-20(24)2)29(35)33-9-11-38-12-10-33)25(13-19)26-18-40-31(32-26)34-15-22-5-6-23(16-34)28(22)30(36)37/h3-4,7-8,13-14,18,22-23,28H,5-6,9-12,15-17H2,1-2H3,(H,36,37)/t22-,23?,28?/m0/s1. The lowest BCUT2D eigenvalue weighted by molar-refractivity contribution is -0.144. The van der Waals surface area contributed by atoms with Crippen LogP contribution in [0.1, 0.15) is 39.9 Å². The monoisotopic (exact) mass is 561 g/mol. The number of carboxylic acid groups (broad SMARTS) is 1. The van der Waals surface area contributed by atoms with Gasteiger partial charge in [-0.25, -0.2) is 4.98 Å². The van der Waals surface area contributed by atoms with Gasteiger partial charge < -0.3 is 24.4 Å². The largest absolute Gasteiger partial charge is 0.488 e. The zero-order valence-electron chi connectivity index (χ0n) is 23.0. The third kappa shape index (κ3) is 5.32. The maximum atomic E-state index is 12.9. The average molecular weight is 562 g/mol. The lowest BCUT2D eigenvalue weighted by atomic mass is 9.85. The number of aromatic nitrogens is 1. The van der Waals surface area contributed by atoms with E-state index in [9.17, 15) is 14.7 Å². The van der Waals surface area contributed by atoms with Crippen LogP contribution in [0.3, 0.4) is 0 Å². The summed E-state index contributed by atoms with van der Waals surface area (Å²) in [7, 11) is 0. The van der Waals surface area contributed by atoms with Crippen LogP contribution < -0.4 is 9.64 Å². The van der Waals surface area contributed by atoms with Crippen molar-refractivity contribution in [3.8, 4) is 17.0 Å². The van der Waals surface area contributed by atoms with E-state index in [1.165, 1.54) is 0 Å². The molecule has 3 aliphatic rings. The lowest BCUT2D eigenvalue weighted by Crippen LogP contribution is -2.44. The summed E-state index contributed by atoms with van der Waals surface area (Å²) in [5.41, 5.74) is 5.68. The molecular weight excluding hydrogens is 526 g/mol. The van der Waals surface area contributed by atoms with Gasteiger partial charge >= 0.3 is 5.97 Å². The Hall–Kier alpha value is -3.43. The maximum Gasteiger partial charge on any atom is 0.307 e. The summed E-state index contributed by atoms with van der Waals surface area (Å²) < 4.78 is 11.7. The second kappa shape index (κ2) is 11.2. The summed E-state index contributed by atoms with van der Waals surface area (Å²) in [6, 6.07) is 11.9. The van der Waals surface area contributed by atoms with E-state index in [1.807, 2.05) is 42.2 Å². The molecule has 2 bridgehead atoms. The van der Waals surface area contributed by atoms with Crippen LogP contribution in [0.25, 0.3) is 11.3 Å². The lowest BCUT2D eigenvalue weighted by Gasteiger charge is -2.35. The molecule has 8 nitrogen and oxygen atoms in total. The van der Waals surface area contributed by atoms with Gasteiger partial charge in [0, 0.05) is 42.7 Å². The van der Waals surface area contributed by atoms with E-state index in [0.29, 0.717) is 38.5 Å². The first-order valence-electron chi connectivity index (χ1n) is 14.0. The number of benzene rings is 2. The highest BCUT2D eigenvalue weighted by Crippen LogP contribution is 2.44. The van der Waals surface area contributed by atoms with Crippen molar-refractivity contribution in [2.75, 3.05) is 44.3 Å². The molecule has 2 aliphatic heterocycles. The summed E-state index contributed by atoms with van der Waals surface area (Å²) in [6.07, 6.45) is 1.96. The van der Waals surface area contributed by atoms with Crippen molar-refractivity contribution in [3.05, 3.63) is 64.0 Å². The number of amides is 1. The van der Waals surface area contributed by atoms with Crippen molar-refractivity contribution < 1.29 is 24.2 Å². The Morgan fingerprint density at radius 2 is 1.82 bits per heavy atom. The minimum Gasteiger partial charge on any atom is -0.488 e. The molecule has 3 heterocycles. The van der Waals surface area contributed by atoms with Crippen molar-refractivity contribution >= 4 is 28.3 Å². The number of carboxylic acids is 1. The molecule has 1 N–H and O–H groups in total. The van der Waals surface area contributed by atoms with E-state index >= 15 is 0 Å². The number of nitrogens with zero attached hydrogens (tertiary/aromatic N) is 3. The quantitative estimate of drug-likeness (QED) is 0.433. The second-order valence-corrected chi connectivity index (χ2v) is 12.1. The number of hydrogen-bond donors (Lipinski definition) is 1. The summed E-state index contributed by atoms with van der Waals surface area (Å²) in [5.74, 6) is 0.323. The van der Waals surface area contributed by atoms with Crippen LogP contribution in [0.2, 0.25) is 0 Å². The number of morpholine rings is 1. The number of thiazole rings is 1. The zero-order chi connectivity index (χ0) is 27.8. The van der Waals surface area contributed by atoms with Crippen molar-refractivity contribution in [3.63, 3.8) is 0 Å². The van der Waals surface area contributed by atoms with Gasteiger partial charge in [0.05, 0.1) is 24.8 Å². The summed E-state index contributed by atoms with van der Waals surface area (Å²) in [6.45, 7) is 8.37. The Balaban J connectivity index is 1.16. The molecule has 1 amide bonds. The predicted molar refractivity (Wildman–Crippen MR) is 154 cm³/mol. The zero-order valence-corrected chi connectivity index (χ0v) is 23.8. The van der Waals surface area contributed by atoms with Gasteiger partial charge in [0.15, 0.2) is 5.13 Å². The number of hydrogen-bond acceptors (Lipinski definition) is 7. The first kappa shape index (κ1) is 26.8. The van der Waals surface area contributed by atoms with E-state index in [4.69, 9.17) is 14.5 Å². The normalized spacial score (nSPS) is 22.4. The second-order valence-electron chi connectivity index (χ2n) is 11.2. The molecule has 2 saturated heterocycles. The van der Waals surface area contributed by atoms with Crippen molar-refractivity contribution in [1.82, 2.24) is 9.88 Å². The van der Waals surface area contributed by atoms with Gasteiger partial charge in [-0.15, -0.1) is 11.3 Å². The molecule has 1 aliphatic carbocycles. The van der Waals surface area contributed by atoms with E-state index in [2.05, 4.69) is 23.3 Å². The average Bonchev–Trinajstić information content (AvgIpc) is 3.55. The van der Waals surface area contributed by atoms with E-state index < -0.39 is 5.97 Å². The minimum absolute atomic E-state index is 0.0409. The highest BCUT2D eigenvalue weighted by atomic mass is 32.1. The van der Waals surface area contributed by atoms with Crippen LogP contribution in [0.5, 0.6) is 5.75 Å². The van der Waals surface area contributed by atoms with E-state index in [0.717, 1.165) is 64.8 Å². The van der Waals surface area contributed by atoms with Gasteiger partial charge in [0.2, 0.25) is 0 Å². The van der Waals surface area contributed by atoms with Crippen LogP contribution >= 0.6 is 11.3 Å². The molecule has 3 aromatic rings. The number of piperidine rings is 1. The molecule has 0 radical (unpaired) electrons. The molecule has 2 unspecified atom stereocenters. The number of carbonyl (C=O) groups is 2. The van der Waals surface area contributed by atoms with Gasteiger partial charge in [-0.2, -0.15) is 0 Å². The summed E-state index contributed by atoms with van der Waals surface area (Å²) in [5, 5.41) is 12.7. The number of aliphatic carboxylic acids is 1. The van der Waals surface area contributed by atoms with Gasteiger partial charge in [-0.05, 0) is 73.9 Å². The highest BCUT2D eigenvalue weighted by molar-refractivity contribution is 7.14. The topological polar surface area (TPSA) is 92.2 Å². The van der Waals surface area contributed by atoms with Gasteiger partial charge in [0.25, 0.3) is 5.91 Å². The fourth-order valence-corrected chi connectivity index (χ4v) is 7.23. The first-order chi connectivity index (χ1) is 19.4. The van der Waals surface area contributed by atoms with Crippen molar-refractivity contribution in [2.45, 2.75) is 33.3 Å². The number of ether oxygens (including phenoxy) is 2. The number of carbonyl (C=O) groups excluding carboxylic acids is 1. The molecule has 3 atom stereocenters. The minimum atomic E-state index is -0.651. The third-order valence-corrected chi connectivity index (χ3v) is 9.46. The predicted octanol–water partition coefficient (Wildman–Crippen LogP) is 5.03. The van der Waals surface area contributed by atoms with Crippen molar-refractivity contribution in [2.24, 2.45) is 17.8 Å². The Kier molecular flexibility index (Phi) is 7.51. The highest BCUT2D eigenvalue weighted by Gasteiger charge is 2.46. The molecule has 40 heavy (non-hydrogen) atoms. The molecule has 9 heteroatoms. The number of rotatable bonds is 7. The molecule has 6 rings (SSSR count). The van der Waals surface area contributed by atoms with E-state index in [-0.39, 0.29) is 23.7 Å². The van der Waals surface area contributed by atoms with Crippen LogP contribution in [-0.4, -0.2) is 66.3 Å². The molecule has 0 spiro atoms. The summed E-state index contributed by atoms with van der Waals surface area (Å²) >= 11 is 1.61. The Morgan fingerprint density at radius 3 is 2.52 bits per heavy atom. The Labute approximate surface area is 238 Å². The molecule has 210 valence electrons. The van der Waals surface area contributed by atoms with Crippen molar-refractivity contribution in [1.29, 1.82) is 0 Å². The molecule has 1 saturated carbocycles. The van der Waals surface area contributed by atoms with E-state index in [1.54, 1.807) is 11.3 Å².